The van der Waals surface area contributed by atoms with Gasteiger partial charge in [-0.15, -0.1) is 0 Å². The number of amides is 2. The first kappa shape index (κ1) is 15.8. The van der Waals surface area contributed by atoms with Crippen molar-refractivity contribution in [2.75, 3.05) is 13.1 Å². The zero-order valence-electron chi connectivity index (χ0n) is 12.1. The summed E-state index contributed by atoms with van der Waals surface area (Å²) in [6, 6.07) is 12.2. The van der Waals surface area contributed by atoms with Crippen molar-refractivity contribution >= 4 is 35.0 Å². The van der Waals surface area contributed by atoms with Gasteiger partial charge < -0.3 is 10.6 Å². The van der Waals surface area contributed by atoms with Crippen molar-refractivity contribution in [1.29, 1.82) is 0 Å². The lowest BCUT2D eigenvalue weighted by Crippen LogP contribution is -2.40. The molecule has 0 aromatic heterocycles. The highest BCUT2D eigenvalue weighted by Crippen LogP contribution is 2.24. The third-order valence-electron chi connectivity index (χ3n) is 3.84. The number of hydrogen-bond donors (Lipinski definition) is 2. The van der Waals surface area contributed by atoms with E-state index in [0.29, 0.717) is 34.3 Å². The Balaban J connectivity index is 1.73. The highest BCUT2D eigenvalue weighted by atomic mass is 35.5. The summed E-state index contributed by atoms with van der Waals surface area (Å²) in [5.41, 5.74) is 1.98. The molecule has 1 atom stereocenters. The number of nitrogens with one attached hydrogen (secondary N) is 2. The second-order valence-corrected chi connectivity index (χ2v) is 6.17. The Bertz CT molecular complexity index is 777. The van der Waals surface area contributed by atoms with Crippen molar-refractivity contribution in [3.63, 3.8) is 0 Å². The quantitative estimate of drug-likeness (QED) is 0.894. The molecular formula is C17H14Cl2N2O2. The van der Waals surface area contributed by atoms with Crippen LogP contribution in [0.25, 0.3) is 0 Å². The predicted octanol–water partition coefficient (Wildman–Crippen LogP) is 3.25. The normalized spacial score (nSPS) is 16.4. The monoisotopic (exact) mass is 348 g/mol. The third kappa shape index (κ3) is 3.33. The van der Waals surface area contributed by atoms with Crippen LogP contribution in [0.1, 0.15) is 32.2 Å². The highest BCUT2D eigenvalue weighted by Gasteiger charge is 2.25. The van der Waals surface area contributed by atoms with Crippen molar-refractivity contribution in [2.24, 2.45) is 0 Å². The predicted molar refractivity (Wildman–Crippen MR) is 90.3 cm³/mol. The van der Waals surface area contributed by atoms with Crippen LogP contribution in [0.4, 0.5) is 0 Å². The number of carbonyl (C=O) groups is 2. The van der Waals surface area contributed by atoms with Gasteiger partial charge in [0.15, 0.2) is 0 Å². The maximum Gasteiger partial charge on any atom is 0.252 e. The van der Waals surface area contributed by atoms with E-state index in [1.807, 2.05) is 18.2 Å². The minimum absolute atomic E-state index is 0.0268. The zero-order valence-corrected chi connectivity index (χ0v) is 13.6. The summed E-state index contributed by atoms with van der Waals surface area (Å²) in [4.78, 5) is 24.1. The molecule has 1 heterocycles. The molecule has 0 saturated carbocycles. The van der Waals surface area contributed by atoms with Crippen LogP contribution in [0.2, 0.25) is 10.0 Å². The number of hydrogen-bond acceptors (Lipinski definition) is 2. The van der Waals surface area contributed by atoms with Crippen molar-refractivity contribution < 1.29 is 9.59 Å². The number of fused-ring (bicyclic) bond motifs is 1. The molecule has 0 aliphatic carbocycles. The summed E-state index contributed by atoms with van der Waals surface area (Å²) >= 11 is 11.9. The van der Waals surface area contributed by atoms with Gasteiger partial charge in [0.2, 0.25) is 0 Å². The van der Waals surface area contributed by atoms with E-state index < -0.39 is 0 Å². The Morgan fingerprint density at radius 3 is 2.78 bits per heavy atom. The van der Waals surface area contributed by atoms with Gasteiger partial charge in [0, 0.05) is 29.6 Å². The van der Waals surface area contributed by atoms with Gasteiger partial charge in [0.1, 0.15) is 0 Å². The van der Waals surface area contributed by atoms with Crippen LogP contribution in [-0.2, 0) is 0 Å². The van der Waals surface area contributed by atoms with Crippen molar-refractivity contribution in [3.05, 3.63) is 69.2 Å². The molecule has 0 fully saturated rings. The van der Waals surface area contributed by atoms with E-state index in [4.69, 9.17) is 23.2 Å². The molecule has 2 N–H and O–H groups in total. The molecule has 4 nitrogen and oxygen atoms in total. The van der Waals surface area contributed by atoms with Gasteiger partial charge in [-0.2, -0.15) is 0 Å². The lowest BCUT2D eigenvalue weighted by atomic mass is 9.90. The first-order valence-corrected chi connectivity index (χ1v) is 7.92. The molecule has 1 aliphatic heterocycles. The van der Waals surface area contributed by atoms with Crippen LogP contribution in [0.15, 0.2) is 42.5 Å². The fraction of sp³-hybridized carbons (Fsp3) is 0.176. The van der Waals surface area contributed by atoms with Crippen LogP contribution in [0, 0.1) is 0 Å². The van der Waals surface area contributed by atoms with E-state index in [2.05, 4.69) is 10.6 Å². The standard InChI is InChI=1S/C17H14Cl2N2O2/c18-11-5-6-14(15(19)7-11)17(23)21-9-10-8-20-16(22)13-4-2-1-3-12(10)13/h1-7,10H,8-9H2,(H,20,22)(H,21,23). The van der Waals surface area contributed by atoms with Crippen molar-refractivity contribution in [3.8, 4) is 0 Å². The van der Waals surface area contributed by atoms with E-state index in [-0.39, 0.29) is 17.7 Å². The average molecular weight is 349 g/mol. The number of benzene rings is 2. The second kappa shape index (κ2) is 6.60. The Hall–Kier alpha value is -2.04. The summed E-state index contributed by atoms with van der Waals surface area (Å²) in [5, 5.41) is 6.50. The Kier molecular flexibility index (Phi) is 4.55. The molecule has 0 spiro atoms. The minimum atomic E-state index is -0.263. The van der Waals surface area contributed by atoms with Gasteiger partial charge >= 0.3 is 0 Å². The van der Waals surface area contributed by atoms with E-state index in [1.54, 1.807) is 18.2 Å². The summed E-state index contributed by atoms with van der Waals surface area (Å²) in [6.07, 6.45) is 0. The molecule has 118 valence electrons. The SMILES string of the molecule is O=C(NCC1CNC(=O)c2ccccc21)c1ccc(Cl)cc1Cl. The highest BCUT2D eigenvalue weighted by molar-refractivity contribution is 6.36. The number of rotatable bonds is 3. The molecule has 2 aromatic rings. The molecule has 2 aromatic carbocycles. The molecule has 0 saturated heterocycles. The van der Waals surface area contributed by atoms with Crippen LogP contribution in [-0.4, -0.2) is 24.9 Å². The largest absolute Gasteiger partial charge is 0.351 e. The summed E-state index contributed by atoms with van der Waals surface area (Å²) < 4.78 is 0. The maximum absolute atomic E-state index is 12.3. The molecule has 0 radical (unpaired) electrons. The summed E-state index contributed by atoms with van der Waals surface area (Å²) in [7, 11) is 0. The number of halogens is 2. The van der Waals surface area contributed by atoms with E-state index >= 15 is 0 Å². The van der Waals surface area contributed by atoms with Gasteiger partial charge in [-0.3, -0.25) is 9.59 Å². The van der Waals surface area contributed by atoms with Crippen LogP contribution >= 0.6 is 23.2 Å². The van der Waals surface area contributed by atoms with Crippen LogP contribution in [0.5, 0.6) is 0 Å². The smallest absolute Gasteiger partial charge is 0.252 e. The molecule has 1 aliphatic rings. The Labute approximate surface area is 143 Å². The lowest BCUT2D eigenvalue weighted by molar-refractivity contribution is 0.0936. The number of carbonyl (C=O) groups excluding carboxylic acids is 2. The Morgan fingerprint density at radius 2 is 2.00 bits per heavy atom. The summed E-state index contributed by atoms with van der Waals surface area (Å²) in [5.74, 6) is -0.316. The van der Waals surface area contributed by atoms with Gasteiger partial charge in [0.05, 0.1) is 10.6 Å². The zero-order chi connectivity index (χ0) is 16.4. The van der Waals surface area contributed by atoms with Crippen LogP contribution < -0.4 is 10.6 Å². The minimum Gasteiger partial charge on any atom is -0.351 e. The first-order valence-electron chi connectivity index (χ1n) is 7.16. The van der Waals surface area contributed by atoms with Gasteiger partial charge in [-0.25, -0.2) is 0 Å². The molecular weight excluding hydrogens is 335 g/mol. The molecule has 0 bridgehead atoms. The van der Waals surface area contributed by atoms with Crippen LogP contribution in [0.3, 0.4) is 0 Å². The van der Waals surface area contributed by atoms with E-state index in [9.17, 15) is 9.59 Å². The fourth-order valence-electron chi connectivity index (χ4n) is 2.65. The van der Waals surface area contributed by atoms with Gasteiger partial charge in [0.25, 0.3) is 11.8 Å². The van der Waals surface area contributed by atoms with Gasteiger partial charge in [-0.05, 0) is 29.8 Å². The van der Waals surface area contributed by atoms with Gasteiger partial charge in [-0.1, -0.05) is 41.4 Å². The maximum atomic E-state index is 12.3. The molecule has 6 heteroatoms. The fourth-order valence-corrected chi connectivity index (χ4v) is 3.14. The van der Waals surface area contributed by atoms with Crippen molar-refractivity contribution in [2.45, 2.75) is 5.92 Å². The lowest BCUT2D eigenvalue weighted by Gasteiger charge is -2.26. The molecule has 1 unspecified atom stereocenters. The molecule has 2 amide bonds. The first-order chi connectivity index (χ1) is 11.1. The third-order valence-corrected chi connectivity index (χ3v) is 4.39. The summed E-state index contributed by atoms with van der Waals surface area (Å²) in [6.45, 7) is 0.902. The molecule has 3 rings (SSSR count). The Morgan fingerprint density at radius 1 is 1.22 bits per heavy atom. The molecule has 23 heavy (non-hydrogen) atoms. The second-order valence-electron chi connectivity index (χ2n) is 5.33. The van der Waals surface area contributed by atoms with E-state index in [1.165, 1.54) is 6.07 Å². The topological polar surface area (TPSA) is 58.2 Å². The van der Waals surface area contributed by atoms with E-state index in [0.717, 1.165) is 5.56 Å². The van der Waals surface area contributed by atoms with Crippen molar-refractivity contribution in [1.82, 2.24) is 10.6 Å². The average Bonchev–Trinajstić information content (AvgIpc) is 2.54.